The maximum absolute atomic E-state index is 5.79. The number of guanidine groups is 1. The molecule has 0 saturated carbocycles. The Hall–Kier alpha value is -0.440. The number of aromatic nitrogens is 1. The van der Waals surface area contributed by atoms with E-state index in [4.69, 9.17) is 4.42 Å². The second-order valence-corrected chi connectivity index (χ2v) is 7.77. The zero-order valence-electron chi connectivity index (χ0n) is 14.5. The molecule has 0 bridgehead atoms. The maximum atomic E-state index is 5.79. The van der Waals surface area contributed by atoms with Crippen LogP contribution in [-0.4, -0.2) is 35.0 Å². The van der Waals surface area contributed by atoms with Crippen LogP contribution in [0.25, 0.3) is 0 Å². The molecule has 132 valence electrons. The van der Waals surface area contributed by atoms with Gasteiger partial charge in [-0.1, -0.05) is 20.8 Å². The standard InChI is InChI=1S/C16H28N4OS.HI/c1-5-17-15(20-12-7-6-8-22-11-12)19-10-14-18-9-13(21-14)16(2,3)4;/h9,12H,5-8,10-11H2,1-4H3,(H2,17,19,20);1H. The van der Waals surface area contributed by atoms with E-state index in [1.165, 1.54) is 18.6 Å². The summed E-state index contributed by atoms with van der Waals surface area (Å²) in [6.07, 6.45) is 4.30. The average Bonchev–Trinajstić information content (AvgIpc) is 2.95. The summed E-state index contributed by atoms with van der Waals surface area (Å²) < 4.78 is 5.79. The summed E-state index contributed by atoms with van der Waals surface area (Å²) >= 11 is 2.01. The van der Waals surface area contributed by atoms with Gasteiger partial charge >= 0.3 is 0 Å². The fourth-order valence-electron chi connectivity index (χ4n) is 2.24. The highest BCUT2D eigenvalue weighted by atomic mass is 127. The van der Waals surface area contributed by atoms with E-state index < -0.39 is 0 Å². The highest BCUT2D eigenvalue weighted by Crippen LogP contribution is 2.22. The predicted molar refractivity (Wildman–Crippen MR) is 109 cm³/mol. The van der Waals surface area contributed by atoms with Crippen molar-refractivity contribution in [2.75, 3.05) is 18.1 Å². The van der Waals surface area contributed by atoms with Crippen molar-refractivity contribution in [2.24, 2.45) is 4.99 Å². The minimum atomic E-state index is -0.0168. The molecule has 1 aromatic heterocycles. The normalized spacial score (nSPS) is 19.1. The fraction of sp³-hybridized carbons (Fsp3) is 0.750. The number of nitrogens with one attached hydrogen (secondary N) is 2. The molecular formula is C16H29IN4OS. The monoisotopic (exact) mass is 452 g/mol. The lowest BCUT2D eigenvalue weighted by molar-refractivity contribution is 0.383. The van der Waals surface area contributed by atoms with Crippen molar-refractivity contribution in [3.63, 3.8) is 0 Å². The molecule has 7 heteroatoms. The molecule has 1 fully saturated rings. The number of hydrogen-bond donors (Lipinski definition) is 2. The molecule has 2 rings (SSSR count). The summed E-state index contributed by atoms with van der Waals surface area (Å²) in [5.74, 6) is 4.85. The smallest absolute Gasteiger partial charge is 0.216 e. The van der Waals surface area contributed by atoms with Crippen LogP contribution in [0.5, 0.6) is 0 Å². The molecule has 1 aromatic rings. The molecule has 1 unspecified atom stereocenters. The lowest BCUT2D eigenvalue weighted by atomic mass is 9.94. The van der Waals surface area contributed by atoms with Crippen molar-refractivity contribution in [1.82, 2.24) is 15.6 Å². The third-order valence-corrected chi connectivity index (χ3v) is 4.73. The molecule has 0 amide bonds. The summed E-state index contributed by atoms with van der Waals surface area (Å²) in [7, 11) is 0. The number of aliphatic imine (C=N–C) groups is 1. The van der Waals surface area contributed by atoms with Crippen LogP contribution in [0.15, 0.2) is 15.6 Å². The van der Waals surface area contributed by atoms with Crippen molar-refractivity contribution >= 4 is 41.7 Å². The van der Waals surface area contributed by atoms with Gasteiger partial charge in [0.15, 0.2) is 5.96 Å². The predicted octanol–water partition coefficient (Wildman–Crippen LogP) is 3.54. The molecular weight excluding hydrogens is 423 g/mol. The highest BCUT2D eigenvalue weighted by molar-refractivity contribution is 14.0. The van der Waals surface area contributed by atoms with Gasteiger partial charge in [0.25, 0.3) is 0 Å². The first-order chi connectivity index (χ1) is 10.5. The first-order valence-electron chi connectivity index (χ1n) is 8.07. The summed E-state index contributed by atoms with van der Waals surface area (Å²) in [6, 6.07) is 0.506. The summed E-state index contributed by atoms with van der Waals surface area (Å²) in [5.41, 5.74) is -0.0168. The second kappa shape index (κ2) is 9.76. The minimum Gasteiger partial charge on any atom is -0.443 e. The molecule has 5 nitrogen and oxygen atoms in total. The molecule has 23 heavy (non-hydrogen) atoms. The molecule has 1 aliphatic rings. The zero-order chi connectivity index (χ0) is 16.0. The van der Waals surface area contributed by atoms with Gasteiger partial charge in [-0.2, -0.15) is 11.8 Å². The zero-order valence-corrected chi connectivity index (χ0v) is 17.7. The summed E-state index contributed by atoms with van der Waals surface area (Å²) in [6.45, 7) is 9.75. The topological polar surface area (TPSA) is 62.5 Å². The molecule has 1 atom stereocenters. The van der Waals surface area contributed by atoms with E-state index in [0.29, 0.717) is 18.5 Å². The van der Waals surface area contributed by atoms with Gasteiger partial charge < -0.3 is 15.1 Å². The van der Waals surface area contributed by atoms with E-state index in [-0.39, 0.29) is 29.4 Å². The van der Waals surface area contributed by atoms with E-state index >= 15 is 0 Å². The van der Waals surface area contributed by atoms with Crippen molar-refractivity contribution in [3.05, 3.63) is 17.8 Å². The number of oxazole rings is 1. The lowest BCUT2D eigenvalue weighted by Gasteiger charge is -2.24. The Balaban J connectivity index is 0.00000264. The van der Waals surface area contributed by atoms with Crippen molar-refractivity contribution < 1.29 is 4.42 Å². The SMILES string of the molecule is CCNC(=NCc1ncc(C(C)(C)C)o1)NC1CCCSC1.I. The van der Waals surface area contributed by atoms with E-state index in [1.807, 2.05) is 18.0 Å². The van der Waals surface area contributed by atoms with Crippen LogP contribution in [-0.2, 0) is 12.0 Å². The second-order valence-electron chi connectivity index (χ2n) is 6.62. The number of thioether (sulfide) groups is 1. The van der Waals surface area contributed by atoms with Gasteiger partial charge in [0.05, 0.1) is 6.20 Å². The van der Waals surface area contributed by atoms with Crippen LogP contribution in [0.4, 0.5) is 0 Å². The van der Waals surface area contributed by atoms with E-state index in [0.717, 1.165) is 24.0 Å². The van der Waals surface area contributed by atoms with E-state index in [1.54, 1.807) is 0 Å². The Labute approximate surface area is 160 Å². The molecule has 1 saturated heterocycles. The van der Waals surface area contributed by atoms with Crippen LogP contribution in [0.3, 0.4) is 0 Å². The van der Waals surface area contributed by atoms with Crippen LogP contribution in [0.2, 0.25) is 0 Å². The largest absolute Gasteiger partial charge is 0.443 e. The molecule has 0 spiro atoms. The lowest BCUT2D eigenvalue weighted by Crippen LogP contribution is -2.45. The van der Waals surface area contributed by atoms with Gasteiger partial charge in [-0.25, -0.2) is 9.98 Å². The maximum Gasteiger partial charge on any atom is 0.216 e. The average molecular weight is 452 g/mol. The Morgan fingerprint density at radius 2 is 2.26 bits per heavy atom. The minimum absolute atomic E-state index is 0. The van der Waals surface area contributed by atoms with E-state index in [2.05, 4.69) is 48.3 Å². The quantitative estimate of drug-likeness (QED) is 0.416. The van der Waals surface area contributed by atoms with E-state index in [9.17, 15) is 0 Å². The first kappa shape index (κ1) is 20.6. The molecule has 0 aliphatic carbocycles. The van der Waals surface area contributed by atoms with Gasteiger partial charge in [-0.3, -0.25) is 0 Å². The molecule has 0 aromatic carbocycles. The van der Waals surface area contributed by atoms with Crippen molar-refractivity contribution in [3.8, 4) is 0 Å². The van der Waals surface area contributed by atoms with Gasteiger partial charge in [0.1, 0.15) is 12.3 Å². The number of halogens is 1. The first-order valence-corrected chi connectivity index (χ1v) is 9.22. The van der Waals surface area contributed by atoms with Crippen molar-refractivity contribution in [1.29, 1.82) is 0 Å². The van der Waals surface area contributed by atoms with Gasteiger partial charge in [-0.05, 0) is 25.5 Å². The molecule has 0 radical (unpaired) electrons. The molecule has 1 aliphatic heterocycles. The summed E-state index contributed by atoms with van der Waals surface area (Å²) in [4.78, 5) is 8.93. The Morgan fingerprint density at radius 1 is 1.48 bits per heavy atom. The highest BCUT2D eigenvalue weighted by Gasteiger charge is 2.19. The van der Waals surface area contributed by atoms with Gasteiger partial charge in [0.2, 0.25) is 5.89 Å². The molecule has 2 heterocycles. The van der Waals surface area contributed by atoms with Crippen LogP contribution >= 0.6 is 35.7 Å². The van der Waals surface area contributed by atoms with Gasteiger partial charge in [-0.15, -0.1) is 24.0 Å². The summed E-state index contributed by atoms with van der Waals surface area (Å²) in [5, 5.41) is 6.81. The molecule has 2 N–H and O–H groups in total. The number of hydrogen-bond acceptors (Lipinski definition) is 4. The Bertz CT molecular complexity index is 493. The van der Waals surface area contributed by atoms with Crippen LogP contribution in [0, 0.1) is 0 Å². The van der Waals surface area contributed by atoms with Crippen molar-refractivity contribution in [2.45, 2.75) is 58.5 Å². The fourth-order valence-corrected chi connectivity index (χ4v) is 3.32. The Kier molecular flexibility index (Phi) is 8.74. The third-order valence-electron chi connectivity index (χ3n) is 3.51. The van der Waals surface area contributed by atoms with Gasteiger partial charge in [0, 0.05) is 23.8 Å². The van der Waals surface area contributed by atoms with Crippen LogP contribution < -0.4 is 10.6 Å². The number of nitrogens with zero attached hydrogens (tertiary/aromatic N) is 2. The van der Waals surface area contributed by atoms with Crippen LogP contribution in [0.1, 0.15) is 52.2 Å². The number of rotatable bonds is 4. The Morgan fingerprint density at radius 3 is 2.83 bits per heavy atom. The third kappa shape index (κ3) is 6.91.